The maximum Gasteiger partial charge on any atom is 0.303 e. The SMILES string of the molecule is CS(=O)(=O)NCCCNCCCC(=O)O. The number of nitrogens with one attached hydrogen (secondary N) is 2. The zero-order chi connectivity index (χ0) is 11.7. The van der Waals surface area contributed by atoms with Crippen LogP contribution in [-0.4, -0.2) is 45.4 Å². The summed E-state index contributed by atoms with van der Waals surface area (Å²) < 4.78 is 23.7. The highest BCUT2D eigenvalue weighted by Gasteiger charge is 1.98. The van der Waals surface area contributed by atoms with Crippen molar-refractivity contribution >= 4 is 16.0 Å². The molecule has 0 saturated heterocycles. The molecule has 0 saturated carbocycles. The summed E-state index contributed by atoms with van der Waals surface area (Å²) in [5.74, 6) is -0.796. The minimum atomic E-state index is -3.09. The molecular weight excluding hydrogens is 220 g/mol. The van der Waals surface area contributed by atoms with Gasteiger partial charge in [0.1, 0.15) is 0 Å². The lowest BCUT2D eigenvalue weighted by atomic mass is 10.3. The normalized spacial score (nSPS) is 11.5. The lowest BCUT2D eigenvalue weighted by Crippen LogP contribution is -2.26. The number of carboxylic acid groups (broad SMARTS) is 1. The van der Waals surface area contributed by atoms with Crippen molar-refractivity contribution in [2.75, 3.05) is 25.9 Å². The van der Waals surface area contributed by atoms with Crippen molar-refractivity contribution in [3.05, 3.63) is 0 Å². The van der Waals surface area contributed by atoms with Gasteiger partial charge in [-0.2, -0.15) is 0 Å². The first kappa shape index (κ1) is 14.3. The van der Waals surface area contributed by atoms with Crippen LogP contribution in [0.1, 0.15) is 19.3 Å². The maximum atomic E-state index is 10.6. The Hall–Kier alpha value is -0.660. The molecule has 15 heavy (non-hydrogen) atoms. The van der Waals surface area contributed by atoms with Crippen molar-refractivity contribution in [1.29, 1.82) is 0 Å². The molecule has 0 radical (unpaired) electrons. The molecule has 0 aliphatic heterocycles. The maximum absolute atomic E-state index is 10.6. The van der Waals surface area contributed by atoms with Gasteiger partial charge in [0, 0.05) is 13.0 Å². The number of hydrogen-bond acceptors (Lipinski definition) is 4. The second-order valence-corrected chi connectivity index (χ2v) is 5.10. The van der Waals surface area contributed by atoms with E-state index in [1.54, 1.807) is 0 Å². The van der Waals surface area contributed by atoms with Crippen molar-refractivity contribution in [2.24, 2.45) is 0 Å². The Labute approximate surface area is 90.1 Å². The Morgan fingerprint density at radius 2 is 1.80 bits per heavy atom. The highest BCUT2D eigenvalue weighted by Crippen LogP contribution is 1.86. The van der Waals surface area contributed by atoms with Crippen LogP contribution < -0.4 is 10.0 Å². The second-order valence-electron chi connectivity index (χ2n) is 3.27. The molecule has 0 aliphatic carbocycles. The molecule has 0 aliphatic rings. The molecule has 0 fully saturated rings. The van der Waals surface area contributed by atoms with Gasteiger partial charge < -0.3 is 10.4 Å². The largest absolute Gasteiger partial charge is 0.481 e. The van der Waals surface area contributed by atoms with Gasteiger partial charge in [-0.05, 0) is 25.9 Å². The predicted molar refractivity (Wildman–Crippen MR) is 57.2 cm³/mol. The number of hydrogen-bond donors (Lipinski definition) is 3. The van der Waals surface area contributed by atoms with E-state index in [-0.39, 0.29) is 6.42 Å². The van der Waals surface area contributed by atoms with E-state index in [2.05, 4.69) is 10.0 Å². The summed E-state index contributed by atoms with van der Waals surface area (Å²) in [7, 11) is -3.09. The third kappa shape index (κ3) is 13.3. The Balaban J connectivity index is 3.16. The fourth-order valence-corrected chi connectivity index (χ4v) is 1.48. The molecule has 90 valence electrons. The average Bonchev–Trinajstić information content (AvgIpc) is 2.07. The summed E-state index contributed by atoms with van der Waals surface area (Å²) in [5, 5.41) is 11.4. The molecular formula is C8H18N2O4S. The van der Waals surface area contributed by atoms with Crippen molar-refractivity contribution in [3.8, 4) is 0 Å². The highest BCUT2D eigenvalue weighted by atomic mass is 32.2. The van der Waals surface area contributed by atoms with E-state index in [0.717, 1.165) is 6.26 Å². The summed E-state index contributed by atoms with van der Waals surface area (Å²) in [4.78, 5) is 10.1. The number of sulfonamides is 1. The van der Waals surface area contributed by atoms with Crippen LogP contribution in [-0.2, 0) is 14.8 Å². The predicted octanol–water partition coefficient (Wildman–Crippen LogP) is -0.620. The molecule has 0 unspecified atom stereocenters. The van der Waals surface area contributed by atoms with Gasteiger partial charge in [0.2, 0.25) is 10.0 Å². The highest BCUT2D eigenvalue weighted by molar-refractivity contribution is 7.88. The van der Waals surface area contributed by atoms with Crippen molar-refractivity contribution in [2.45, 2.75) is 19.3 Å². The quantitative estimate of drug-likeness (QED) is 0.465. The summed E-state index contributed by atoms with van der Waals surface area (Å²) >= 11 is 0. The Bertz CT molecular complexity index is 276. The van der Waals surface area contributed by atoms with Crippen LogP contribution in [0.2, 0.25) is 0 Å². The standard InChI is InChI=1S/C8H18N2O4S/c1-15(13,14)10-7-3-6-9-5-2-4-8(11)12/h9-10H,2-7H2,1H3,(H,11,12). The van der Waals surface area contributed by atoms with E-state index in [1.165, 1.54) is 0 Å². The van der Waals surface area contributed by atoms with Gasteiger partial charge in [0.05, 0.1) is 6.26 Å². The smallest absolute Gasteiger partial charge is 0.303 e. The molecule has 0 amide bonds. The number of rotatable bonds is 9. The van der Waals surface area contributed by atoms with Gasteiger partial charge in [-0.15, -0.1) is 0 Å². The molecule has 0 aromatic carbocycles. The fourth-order valence-electron chi connectivity index (χ4n) is 0.961. The lowest BCUT2D eigenvalue weighted by molar-refractivity contribution is -0.137. The monoisotopic (exact) mass is 238 g/mol. The first-order valence-electron chi connectivity index (χ1n) is 4.79. The second kappa shape index (κ2) is 7.61. The van der Waals surface area contributed by atoms with Crippen molar-refractivity contribution in [3.63, 3.8) is 0 Å². The fraction of sp³-hybridized carbons (Fsp3) is 0.875. The van der Waals surface area contributed by atoms with Crippen LogP contribution in [0.3, 0.4) is 0 Å². The Morgan fingerprint density at radius 1 is 1.20 bits per heavy atom. The molecule has 0 aromatic rings. The van der Waals surface area contributed by atoms with E-state index in [1.807, 2.05) is 0 Å². The average molecular weight is 238 g/mol. The summed E-state index contributed by atoms with van der Waals surface area (Å²) in [6.45, 7) is 1.73. The van der Waals surface area contributed by atoms with Gasteiger partial charge in [0.15, 0.2) is 0 Å². The van der Waals surface area contributed by atoms with Crippen LogP contribution >= 0.6 is 0 Å². The van der Waals surface area contributed by atoms with Crippen LogP contribution in [0, 0.1) is 0 Å². The molecule has 0 atom stereocenters. The lowest BCUT2D eigenvalue weighted by Gasteiger charge is -2.04. The molecule has 0 heterocycles. The third-order valence-corrected chi connectivity index (χ3v) is 2.37. The van der Waals surface area contributed by atoms with Gasteiger partial charge in [-0.25, -0.2) is 13.1 Å². The first-order valence-corrected chi connectivity index (χ1v) is 6.68. The van der Waals surface area contributed by atoms with E-state index in [4.69, 9.17) is 5.11 Å². The van der Waals surface area contributed by atoms with Crippen molar-refractivity contribution in [1.82, 2.24) is 10.0 Å². The zero-order valence-corrected chi connectivity index (χ0v) is 9.64. The van der Waals surface area contributed by atoms with Crippen molar-refractivity contribution < 1.29 is 18.3 Å². The molecule has 7 heteroatoms. The van der Waals surface area contributed by atoms with Gasteiger partial charge in [-0.3, -0.25) is 4.79 Å². The van der Waals surface area contributed by atoms with Crippen LogP contribution in [0.5, 0.6) is 0 Å². The van der Waals surface area contributed by atoms with Crippen LogP contribution in [0.25, 0.3) is 0 Å². The Morgan fingerprint density at radius 3 is 2.33 bits per heavy atom. The number of carboxylic acids is 1. The van der Waals surface area contributed by atoms with Gasteiger partial charge in [-0.1, -0.05) is 0 Å². The Kier molecular flexibility index (Phi) is 7.27. The van der Waals surface area contributed by atoms with E-state index < -0.39 is 16.0 Å². The van der Waals surface area contributed by atoms with E-state index in [0.29, 0.717) is 32.5 Å². The zero-order valence-electron chi connectivity index (χ0n) is 8.82. The minimum absolute atomic E-state index is 0.161. The van der Waals surface area contributed by atoms with E-state index in [9.17, 15) is 13.2 Å². The number of aliphatic carboxylic acids is 1. The molecule has 0 rings (SSSR count). The topological polar surface area (TPSA) is 95.5 Å². The van der Waals surface area contributed by atoms with Gasteiger partial charge in [0.25, 0.3) is 0 Å². The minimum Gasteiger partial charge on any atom is -0.481 e. The van der Waals surface area contributed by atoms with Gasteiger partial charge >= 0.3 is 5.97 Å². The number of carbonyl (C=O) groups is 1. The molecule has 0 aromatic heterocycles. The summed E-state index contributed by atoms with van der Waals surface area (Å²) in [6, 6.07) is 0. The molecule has 3 N–H and O–H groups in total. The third-order valence-electron chi connectivity index (χ3n) is 1.64. The van der Waals surface area contributed by atoms with E-state index >= 15 is 0 Å². The molecule has 0 spiro atoms. The summed E-state index contributed by atoms with van der Waals surface area (Å²) in [6.07, 6.45) is 2.57. The van der Waals surface area contributed by atoms with Crippen LogP contribution in [0.15, 0.2) is 0 Å². The van der Waals surface area contributed by atoms with Crippen LogP contribution in [0.4, 0.5) is 0 Å². The first-order chi connectivity index (χ1) is 6.92. The summed E-state index contributed by atoms with van der Waals surface area (Å²) in [5.41, 5.74) is 0. The molecule has 6 nitrogen and oxygen atoms in total. The molecule has 0 bridgehead atoms.